The van der Waals surface area contributed by atoms with Gasteiger partial charge in [0.15, 0.2) is 0 Å². The molecule has 0 heterocycles. The zero-order valence-electron chi connectivity index (χ0n) is 13.6. The highest BCUT2D eigenvalue weighted by atomic mass is 35.5. The SMILES string of the molecule is CC(C)(C)ONC(=O)OC(=O)[C@H](CCl)NC(=O)OC(C)(C)C. The predicted molar refractivity (Wildman–Crippen MR) is 79.3 cm³/mol. The Hall–Kier alpha value is -1.54. The largest absolute Gasteiger partial charge is 0.444 e. The molecule has 0 saturated carbocycles. The second-order valence-electron chi connectivity index (χ2n) is 6.38. The second-order valence-corrected chi connectivity index (χ2v) is 6.69. The van der Waals surface area contributed by atoms with Crippen molar-refractivity contribution in [3.63, 3.8) is 0 Å². The van der Waals surface area contributed by atoms with Gasteiger partial charge in [0.1, 0.15) is 11.6 Å². The van der Waals surface area contributed by atoms with E-state index in [0.717, 1.165) is 0 Å². The maximum absolute atomic E-state index is 11.7. The molecule has 0 fully saturated rings. The number of alkyl halides is 1. The lowest BCUT2D eigenvalue weighted by molar-refractivity contribution is -0.142. The molecule has 0 aromatic carbocycles. The highest BCUT2D eigenvalue weighted by Gasteiger charge is 2.27. The quantitative estimate of drug-likeness (QED) is 0.352. The van der Waals surface area contributed by atoms with Gasteiger partial charge in [-0.15, -0.1) is 11.6 Å². The third kappa shape index (κ3) is 10.2. The summed E-state index contributed by atoms with van der Waals surface area (Å²) < 4.78 is 9.44. The van der Waals surface area contributed by atoms with E-state index in [1.54, 1.807) is 41.5 Å². The van der Waals surface area contributed by atoms with Gasteiger partial charge in [-0.2, -0.15) is 5.48 Å². The molecule has 0 radical (unpaired) electrons. The van der Waals surface area contributed by atoms with Crippen molar-refractivity contribution in [2.75, 3.05) is 5.88 Å². The fraction of sp³-hybridized carbons (Fsp3) is 0.769. The average molecular weight is 339 g/mol. The Bertz CT molecular complexity index is 414. The van der Waals surface area contributed by atoms with Gasteiger partial charge in [0.25, 0.3) is 0 Å². The van der Waals surface area contributed by atoms with Crippen molar-refractivity contribution < 1.29 is 28.7 Å². The number of carbonyl (C=O) groups excluding carboxylic acids is 3. The molecule has 0 bridgehead atoms. The summed E-state index contributed by atoms with van der Waals surface area (Å²) in [5.74, 6) is -1.32. The number of nitrogens with one attached hydrogen (secondary N) is 2. The van der Waals surface area contributed by atoms with E-state index in [1.807, 2.05) is 5.48 Å². The van der Waals surface area contributed by atoms with E-state index in [0.29, 0.717) is 0 Å². The van der Waals surface area contributed by atoms with E-state index >= 15 is 0 Å². The van der Waals surface area contributed by atoms with E-state index < -0.39 is 35.4 Å². The first kappa shape index (κ1) is 20.5. The molecule has 0 aromatic rings. The highest BCUT2D eigenvalue weighted by molar-refractivity contribution is 6.20. The van der Waals surface area contributed by atoms with Gasteiger partial charge in [0.05, 0.1) is 11.5 Å². The first-order valence-corrected chi connectivity index (χ1v) is 7.12. The van der Waals surface area contributed by atoms with Crippen LogP contribution < -0.4 is 10.8 Å². The Balaban J connectivity index is 4.42. The minimum atomic E-state index is -1.23. The Morgan fingerprint density at radius 1 is 1.00 bits per heavy atom. The summed E-state index contributed by atoms with van der Waals surface area (Å²) in [5, 5.41) is 2.21. The predicted octanol–water partition coefficient (Wildman–Crippen LogP) is 2.10. The Morgan fingerprint density at radius 3 is 1.95 bits per heavy atom. The van der Waals surface area contributed by atoms with Gasteiger partial charge < -0.3 is 14.8 Å². The molecular weight excluding hydrogens is 316 g/mol. The van der Waals surface area contributed by atoms with E-state index in [2.05, 4.69) is 10.1 Å². The molecule has 128 valence electrons. The van der Waals surface area contributed by atoms with Crippen molar-refractivity contribution in [1.29, 1.82) is 0 Å². The van der Waals surface area contributed by atoms with Crippen molar-refractivity contribution in [2.45, 2.75) is 58.8 Å². The first-order chi connectivity index (χ1) is 9.84. The topological polar surface area (TPSA) is 103 Å². The lowest BCUT2D eigenvalue weighted by atomic mass is 10.2. The molecule has 22 heavy (non-hydrogen) atoms. The fourth-order valence-corrected chi connectivity index (χ4v) is 1.19. The molecule has 0 aromatic heterocycles. The van der Waals surface area contributed by atoms with Crippen molar-refractivity contribution in [3.05, 3.63) is 0 Å². The van der Waals surface area contributed by atoms with Crippen molar-refractivity contribution in [3.8, 4) is 0 Å². The molecule has 0 unspecified atom stereocenters. The summed E-state index contributed by atoms with van der Waals surface area (Å²) in [6.07, 6.45) is -1.96. The molecule has 0 rings (SSSR count). The number of rotatable bonds is 4. The number of ether oxygens (including phenoxy) is 2. The number of amides is 2. The van der Waals surface area contributed by atoms with Crippen LogP contribution in [0.25, 0.3) is 0 Å². The first-order valence-electron chi connectivity index (χ1n) is 6.59. The highest BCUT2D eigenvalue weighted by Crippen LogP contribution is 2.07. The van der Waals surface area contributed by atoms with Crippen LogP contribution in [-0.2, 0) is 19.1 Å². The third-order valence-corrected chi connectivity index (χ3v) is 2.07. The van der Waals surface area contributed by atoms with Crippen LogP contribution in [0, 0.1) is 0 Å². The van der Waals surface area contributed by atoms with Gasteiger partial charge in [-0.05, 0) is 41.5 Å². The van der Waals surface area contributed by atoms with Gasteiger partial charge >= 0.3 is 18.2 Å². The van der Waals surface area contributed by atoms with Crippen molar-refractivity contribution >= 4 is 29.8 Å². The van der Waals surface area contributed by atoms with Crippen molar-refractivity contribution in [2.24, 2.45) is 0 Å². The molecule has 2 amide bonds. The fourth-order valence-electron chi connectivity index (χ4n) is 0.988. The molecule has 0 aliphatic carbocycles. The van der Waals surface area contributed by atoms with Gasteiger partial charge in [0, 0.05) is 0 Å². The van der Waals surface area contributed by atoms with Crippen LogP contribution in [-0.4, -0.2) is 41.3 Å². The number of carbonyl (C=O) groups is 3. The van der Waals surface area contributed by atoms with E-state index in [4.69, 9.17) is 21.2 Å². The summed E-state index contributed by atoms with van der Waals surface area (Å²) in [6, 6.07) is -1.23. The number of hydrogen-bond donors (Lipinski definition) is 2. The lowest BCUT2D eigenvalue weighted by Gasteiger charge is -2.22. The molecule has 1 atom stereocenters. The standard InChI is InChI=1S/C13H23ClN2O6/c1-12(2,3)21-10(18)15-8(7-14)9(17)20-11(19)16-22-13(4,5)6/h8H,7H2,1-6H3,(H,15,18)(H,16,19)/t8-/m0/s1. The molecule has 8 nitrogen and oxygen atoms in total. The normalized spacial score (nSPS) is 13.0. The molecule has 0 spiro atoms. The molecule has 2 N–H and O–H groups in total. The monoisotopic (exact) mass is 338 g/mol. The van der Waals surface area contributed by atoms with E-state index in [9.17, 15) is 14.4 Å². The average Bonchev–Trinajstić information content (AvgIpc) is 2.30. The van der Waals surface area contributed by atoms with Crippen LogP contribution in [0.4, 0.5) is 9.59 Å². The Morgan fingerprint density at radius 2 is 1.55 bits per heavy atom. The van der Waals surface area contributed by atoms with Gasteiger partial charge in [0.2, 0.25) is 0 Å². The maximum Gasteiger partial charge on any atom is 0.439 e. The van der Waals surface area contributed by atoms with Crippen LogP contribution >= 0.6 is 11.6 Å². The summed E-state index contributed by atoms with van der Waals surface area (Å²) in [7, 11) is 0. The lowest BCUT2D eigenvalue weighted by Crippen LogP contribution is -2.47. The third-order valence-electron chi connectivity index (χ3n) is 1.76. The van der Waals surface area contributed by atoms with Crippen molar-refractivity contribution in [1.82, 2.24) is 10.8 Å². The van der Waals surface area contributed by atoms with Gasteiger partial charge in [-0.25, -0.2) is 14.4 Å². The molecule has 9 heteroatoms. The minimum Gasteiger partial charge on any atom is -0.444 e. The van der Waals surface area contributed by atoms with Gasteiger partial charge in [-0.1, -0.05) is 0 Å². The summed E-state index contributed by atoms with van der Waals surface area (Å²) in [5.41, 5.74) is 0.572. The Kier molecular flexibility index (Phi) is 7.61. The minimum absolute atomic E-state index is 0.286. The van der Waals surface area contributed by atoms with Crippen LogP contribution in [0.15, 0.2) is 0 Å². The molecule has 0 aliphatic heterocycles. The maximum atomic E-state index is 11.7. The van der Waals surface area contributed by atoms with Crippen LogP contribution in [0.1, 0.15) is 41.5 Å². The zero-order chi connectivity index (χ0) is 17.6. The number of hydroxylamine groups is 1. The summed E-state index contributed by atoms with van der Waals surface area (Å²) in [6.45, 7) is 10.1. The molecule has 0 aliphatic rings. The number of hydrogen-bond acceptors (Lipinski definition) is 6. The van der Waals surface area contributed by atoms with Crippen LogP contribution in [0.5, 0.6) is 0 Å². The van der Waals surface area contributed by atoms with Crippen LogP contribution in [0.2, 0.25) is 0 Å². The van der Waals surface area contributed by atoms with E-state index in [-0.39, 0.29) is 5.88 Å². The number of esters is 1. The smallest absolute Gasteiger partial charge is 0.439 e. The zero-order valence-corrected chi connectivity index (χ0v) is 14.4. The summed E-state index contributed by atoms with van der Waals surface area (Å²) in [4.78, 5) is 39.6. The van der Waals surface area contributed by atoms with Gasteiger partial charge in [-0.3, -0.25) is 4.84 Å². The number of halogens is 1. The molecule has 0 saturated heterocycles. The summed E-state index contributed by atoms with van der Waals surface area (Å²) >= 11 is 5.58. The number of alkyl carbamates (subject to hydrolysis) is 1. The van der Waals surface area contributed by atoms with Crippen LogP contribution in [0.3, 0.4) is 0 Å². The van der Waals surface area contributed by atoms with E-state index in [1.165, 1.54) is 0 Å². The Labute approximate surface area is 134 Å². The molecular formula is C13H23ClN2O6. The second kappa shape index (κ2) is 8.19.